The number of hydrogen-bond donors (Lipinski definition) is 2. The third-order valence-electron chi connectivity index (χ3n) is 3.47. The molecule has 0 amide bonds. The number of rotatable bonds is 4. The molecule has 122 valence electrons. The van der Waals surface area contributed by atoms with E-state index < -0.39 is 5.82 Å². The Bertz CT molecular complexity index is 948. The highest BCUT2D eigenvalue weighted by Gasteiger charge is 2.14. The molecule has 0 unspecified atom stereocenters. The van der Waals surface area contributed by atoms with Gasteiger partial charge in [0.15, 0.2) is 0 Å². The first-order valence-corrected chi connectivity index (χ1v) is 7.64. The van der Waals surface area contributed by atoms with Crippen molar-refractivity contribution >= 4 is 40.2 Å². The lowest BCUT2D eigenvalue weighted by Gasteiger charge is -2.12. The van der Waals surface area contributed by atoms with E-state index in [-0.39, 0.29) is 23.9 Å². The predicted octanol–water partition coefficient (Wildman–Crippen LogP) is 4.96. The smallest absolute Gasteiger partial charge is 0.225 e. The number of pyridine rings is 1. The molecular weight excluding hydrogens is 354 g/mol. The van der Waals surface area contributed by atoms with Gasteiger partial charge in [-0.2, -0.15) is 4.98 Å². The summed E-state index contributed by atoms with van der Waals surface area (Å²) in [7, 11) is 0. The minimum absolute atomic E-state index is 0.0430. The van der Waals surface area contributed by atoms with Gasteiger partial charge in [0.1, 0.15) is 12.4 Å². The minimum atomic E-state index is -0.475. The fraction of sp³-hybridized carbons (Fsp3) is 0.0588. The SMILES string of the molecule is N=Cc1c(O)nc(OCc2cc(Cl)ccc2Cl)c2cc(F)ccc12. The van der Waals surface area contributed by atoms with Crippen LogP contribution in [0.25, 0.3) is 10.8 Å². The molecular formula is C17H11Cl2FN2O2. The summed E-state index contributed by atoms with van der Waals surface area (Å²) in [6.45, 7) is 0.0430. The predicted molar refractivity (Wildman–Crippen MR) is 92.0 cm³/mol. The molecule has 0 bridgehead atoms. The first-order valence-electron chi connectivity index (χ1n) is 6.89. The van der Waals surface area contributed by atoms with Gasteiger partial charge in [0, 0.05) is 32.6 Å². The van der Waals surface area contributed by atoms with Crippen molar-refractivity contribution in [1.82, 2.24) is 4.98 Å². The van der Waals surface area contributed by atoms with Crippen LogP contribution in [0.5, 0.6) is 11.8 Å². The number of ether oxygens (including phenoxy) is 1. The van der Waals surface area contributed by atoms with Gasteiger partial charge in [-0.05, 0) is 30.3 Å². The zero-order valence-electron chi connectivity index (χ0n) is 12.2. The van der Waals surface area contributed by atoms with Crippen molar-refractivity contribution in [3.63, 3.8) is 0 Å². The van der Waals surface area contributed by atoms with Crippen molar-refractivity contribution in [2.75, 3.05) is 0 Å². The summed E-state index contributed by atoms with van der Waals surface area (Å²) >= 11 is 12.0. The monoisotopic (exact) mass is 364 g/mol. The first kappa shape index (κ1) is 16.5. The van der Waals surface area contributed by atoms with Crippen molar-refractivity contribution in [3.8, 4) is 11.8 Å². The average molecular weight is 365 g/mol. The molecule has 2 aromatic carbocycles. The molecule has 0 saturated heterocycles. The maximum absolute atomic E-state index is 13.6. The van der Waals surface area contributed by atoms with Gasteiger partial charge in [-0.1, -0.05) is 29.3 Å². The second-order valence-corrected chi connectivity index (χ2v) is 5.86. The average Bonchev–Trinajstić information content (AvgIpc) is 2.56. The van der Waals surface area contributed by atoms with E-state index in [9.17, 15) is 9.50 Å². The molecule has 1 heterocycles. The third kappa shape index (κ3) is 3.13. The van der Waals surface area contributed by atoms with E-state index in [0.29, 0.717) is 26.4 Å². The molecule has 0 aliphatic carbocycles. The number of nitrogens with zero attached hydrogens (tertiary/aromatic N) is 1. The summed E-state index contributed by atoms with van der Waals surface area (Å²) in [5.74, 6) is -0.795. The maximum atomic E-state index is 13.6. The van der Waals surface area contributed by atoms with Crippen LogP contribution >= 0.6 is 23.2 Å². The molecule has 0 fully saturated rings. The Hall–Kier alpha value is -2.37. The van der Waals surface area contributed by atoms with E-state index in [1.54, 1.807) is 18.2 Å². The van der Waals surface area contributed by atoms with Crippen LogP contribution in [0.1, 0.15) is 11.1 Å². The Morgan fingerprint density at radius 3 is 2.71 bits per heavy atom. The van der Waals surface area contributed by atoms with Gasteiger partial charge in [0.25, 0.3) is 0 Å². The second-order valence-electron chi connectivity index (χ2n) is 5.01. The topological polar surface area (TPSA) is 66.2 Å². The molecule has 0 aliphatic rings. The summed E-state index contributed by atoms with van der Waals surface area (Å²) in [6.07, 6.45) is 0.959. The lowest BCUT2D eigenvalue weighted by Crippen LogP contribution is -2.01. The van der Waals surface area contributed by atoms with Crippen molar-refractivity contribution in [2.24, 2.45) is 0 Å². The van der Waals surface area contributed by atoms with E-state index >= 15 is 0 Å². The Morgan fingerprint density at radius 1 is 1.17 bits per heavy atom. The van der Waals surface area contributed by atoms with Crippen LogP contribution in [0.2, 0.25) is 10.0 Å². The van der Waals surface area contributed by atoms with E-state index in [0.717, 1.165) is 6.21 Å². The van der Waals surface area contributed by atoms with Gasteiger partial charge in [-0.25, -0.2) is 4.39 Å². The Balaban J connectivity index is 2.04. The number of aromatic hydroxyl groups is 1. The highest BCUT2D eigenvalue weighted by Crippen LogP contribution is 2.32. The molecule has 1 aromatic heterocycles. The molecule has 0 aliphatic heterocycles. The van der Waals surface area contributed by atoms with Crippen molar-refractivity contribution in [3.05, 3.63) is 63.4 Å². The lowest BCUT2D eigenvalue weighted by molar-refractivity contribution is 0.293. The van der Waals surface area contributed by atoms with Gasteiger partial charge in [0.05, 0.1) is 5.56 Å². The van der Waals surface area contributed by atoms with E-state index in [1.807, 2.05) is 0 Å². The lowest BCUT2D eigenvalue weighted by atomic mass is 10.1. The van der Waals surface area contributed by atoms with Crippen LogP contribution in [0, 0.1) is 11.2 Å². The molecule has 0 radical (unpaired) electrons. The van der Waals surface area contributed by atoms with Gasteiger partial charge in [-0.3, -0.25) is 0 Å². The van der Waals surface area contributed by atoms with Crippen LogP contribution < -0.4 is 4.74 Å². The Morgan fingerprint density at radius 2 is 1.96 bits per heavy atom. The highest BCUT2D eigenvalue weighted by atomic mass is 35.5. The zero-order chi connectivity index (χ0) is 17.3. The van der Waals surface area contributed by atoms with Gasteiger partial charge in [0.2, 0.25) is 11.8 Å². The maximum Gasteiger partial charge on any atom is 0.225 e. The number of hydrogen-bond acceptors (Lipinski definition) is 4. The van der Waals surface area contributed by atoms with Crippen LogP contribution in [-0.2, 0) is 6.61 Å². The summed E-state index contributed by atoms with van der Waals surface area (Å²) in [5, 5.41) is 19.1. The molecule has 3 aromatic rings. The molecule has 3 rings (SSSR count). The minimum Gasteiger partial charge on any atom is -0.493 e. The van der Waals surface area contributed by atoms with Crippen LogP contribution in [0.4, 0.5) is 4.39 Å². The quantitative estimate of drug-likeness (QED) is 0.642. The summed E-state index contributed by atoms with van der Waals surface area (Å²) in [6, 6.07) is 8.89. The first-order chi connectivity index (χ1) is 11.5. The van der Waals surface area contributed by atoms with E-state index in [1.165, 1.54) is 18.2 Å². The van der Waals surface area contributed by atoms with Crippen molar-refractivity contribution in [1.29, 1.82) is 5.41 Å². The van der Waals surface area contributed by atoms with Crippen LogP contribution in [0.3, 0.4) is 0 Å². The van der Waals surface area contributed by atoms with E-state index in [4.69, 9.17) is 33.3 Å². The van der Waals surface area contributed by atoms with Gasteiger partial charge < -0.3 is 15.3 Å². The molecule has 24 heavy (non-hydrogen) atoms. The highest BCUT2D eigenvalue weighted by molar-refractivity contribution is 6.33. The Kier molecular flexibility index (Phi) is 4.55. The summed E-state index contributed by atoms with van der Waals surface area (Å²) in [5.41, 5.74) is 0.823. The zero-order valence-corrected chi connectivity index (χ0v) is 13.7. The molecule has 0 atom stereocenters. The summed E-state index contributed by atoms with van der Waals surface area (Å²) < 4.78 is 19.2. The third-order valence-corrected chi connectivity index (χ3v) is 4.07. The van der Waals surface area contributed by atoms with Gasteiger partial charge in [-0.15, -0.1) is 0 Å². The number of benzene rings is 2. The molecule has 4 nitrogen and oxygen atoms in total. The normalized spacial score (nSPS) is 10.8. The number of halogens is 3. The number of fused-ring (bicyclic) bond motifs is 1. The molecule has 2 N–H and O–H groups in total. The number of nitrogens with one attached hydrogen (secondary N) is 1. The van der Waals surface area contributed by atoms with Crippen molar-refractivity contribution < 1.29 is 14.2 Å². The number of aromatic nitrogens is 1. The standard InChI is InChI=1S/C17H11Cl2FN2O2/c18-10-1-4-15(19)9(5-10)8-24-17-13-6-11(20)2-3-12(13)14(7-21)16(23)22-17/h1-7,21H,8H2,(H,22,23). The fourth-order valence-electron chi connectivity index (χ4n) is 2.32. The summed E-state index contributed by atoms with van der Waals surface area (Å²) in [4.78, 5) is 3.92. The second kappa shape index (κ2) is 6.63. The Labute approximate surface area is 146 Å². The van der Waals surface area contributed by atoms with Gasteiger partial charge >= 0.3 is 0 Å². The molecule has 0 saturated carbocycles. The fourth-order valence-corrected chi connectivity index (χ4v) is 2.68. The van der Waals surface area contributed by atoms with E-state index in [2.05, 4.69) is 4.98 Å². The molecule has 0 spiro atoms. The van der Waals surface area contributed by atoms with Crippen molar-refractivity contribution in [2.45, 2.75) is 6.61 Å². The van der Waals surface area contributed by atoms with Crippen LogP contribution in [0.15, 0.2) is 36.4 Å². The largest absolute Gasteiger partial charge is 0.493 e. The van der Waals surface area contributed by atoms with Crippen LogP contribution in [-0.4, -0.2) is 16.3 Å². The molecule has 7 heteroatoms.